The number of aromatic nitrogens is 3. The Hall–Kier alpha value is -5.10. The van der Waals surface area contributed by atoms with Gasteiger partial charge >= 0.3 is 5.57 Å². The third-order valence-corrected chi connectivity index (χ3v) is 12.6. The first-order valence-corrected chi connectivity index (χ1v) is 21.1. The molecule has 4 aliphatic heterocycles. The number of aromatic amines is 1. The molecule has 1 atom stereocenters. The van der Waals surface area contributed by atoms with Crippen LogP contribution in [-0.2, 0) is 16.1 Å². The standard InChI is InChI=1S/C41H44ClF2N9O5S/c42-41(43,44)58-29-7-5-27(6-8-29)47-38(55)26-23-31(33-11-14-46-49-33)37(45-24-26)52-16-12-28(13-17-52)51-20-18-50(19-21-51)15-2-22-59-35-4-1-3-30-32(35)25-53(40(30)57)34-9-10-36(54)48-39(34)56/h1,3-8,11,14,23-24,28,34H,2,9-10,12-13,15-22,25H2,(H,46,49)(H,47,55)(H,48,54,56). The second-order valence-electron chi connectivity index (χ2n) is 15.1. The van der Waals surface area contributed by atoms with E-state index < -0.39 is 23.4 Å². The van der Waals surface area contributed by atoms with Gasteiger partial charge < -0.3 is 24.8 Å². The van der Waals surface area contributed by atoms with E-state index in [-0.39, 0.29) is 24.0 Å². The van der Waals surface area contributed by atoms with E-state index in [1.165, 1.54) is 24.3 Å². The van der Waals surface area contributed by atoms with Gasteiger partial charge in [0.1, 0.15) is 17.6 Å². The van der Waals surface area contributed by atoms with Crippen molar-refractivity contribution in [3.8, 4) is 17.0 Å². The van der Waals surface area contributed by atoms with E-state index in [0.717, 1.165) is 98.4 Å². The van der Waals surface area contributed by atoms with Gasteiger partial charge in [-0.3, -0.25) is 34.5 Å². The van der Waals surface area contributed by atoms with Crippen molar-refractivity contribution in [1.29, 1.82) is 0 Å². The molecule has 6 heterocycles. The minimum Gasteiger partial charge on any atom is -0.420 e. The number of carbonyl (C=O) groups is 4. The van der Waals surface area contributed by atoms with Gasteiger partial charge in [-0.15, -0.1) is 20.5 Å². The molecule has 2 aromatic heterocycles. The number of rotatable bonds is 13. The number of fused-ring (bicyclic) bond motifs is 1. The summed E-state index contributed by atoms with van der Waals surface area (Å²) in [4.78, 5) is 65.4. The molecule has 3 N–H and O–H groups in total. The molecule has 1 unspecified atom stereocenters. The minimum atomic E-state index is -3.83. The zero-order valence-electron chi connectivity index (χ0n) is 32.2. The topological polar surface area (TPSA) is 156 Å². The van der Waals surface area contributed by atoms with Gasteiger partial charge in [-0.1, -0.05) is 6.07 Å². The number of hydrogen-bond donors (Lipinski definition) is 3. The van der Waals surface area contributed by atoms with Crippen molar-refractivity contribution in [1.82, 2.24) is 35.2 Å². The number of pyridine rings is 1. The Balaban J connectivity index is 0.794. The van der Waals surface area contributed by atoms with Gasteiger partial charge in [-0.2, -0.15) is 5.10 Å². The Morgan fingerprint density at radius 3 is 2.47 bits per heavy atom. The van der Waals surface area contributed by atoms with Gasteiger partial charge in [0.25, 0.3) is 11.8 Å². The monoisotopic (exact) mass is 847 g/mol. The second-order valence-corrected chi connectivity index (χ2v) is 16.6. The van der Waals surface area contributed by atoms with Gasteiger partial charge in [0.2, 0.25) is 11.8 Å². The molecular weight excluding hydrogens is 804 g/mol. The smallest absolute Gasteiger partial charge is 0.420 e. The van der Waals surface area contributed by atoms with Crippen LogP contribution in [0.4, 0.5) is 20.3 Å². The zero-order valence-corrected chi connectivity index (χ0v) is 33.7. The van der Waals surface area contributed by atoms with E-state index in [4.69, 9.17) is 16.6 Å². The fourth-order valence-corrected chi connectivity index (χ4v) is 9.44. The molecule has 2 aromatic carbocycles. The number of carbonyl (C=O) groups excluding carboxylic acids is 4. The quantitative estimate of drug-likeness (QED) is 0.0684. The number of alkyl halides is 3. The highest BCUT2D eigenvalue weighted by Crippen LogP contribution is 2.35. The van der Waals surface area contributed by atoms with Crippen LogP contribution in [0, 0.1) is 0 Å². The van der Waals surface area contributed by atoms with Crippen LogP contribution in [0.1, 0.15) is 58.4 Å². The predicted molar refractivity (Wildman–Crippen MR) is 219 cm³/mol. The van der Waals surface area contributed by atoms with E-state index in [0.29, 0.717) is 35.8 Å². The molecule has 59 heavy (non-hydrogen) atoms. The van der Waals surface area contributed by atoms with Crippen LogP contribution in [0.2, 0.25) is 0 Å². The van der Waals surface area contributed by atoms with Crippen molar-refractivity contribution in [2.45, 2.75) is 61.2 Å². The van der Waals surface area contributed by atoms with E-state index in [1.807, 2.05) is 18.2 Å². The Labute approximate surface area is 349 Å². The molecule has 0 radical (unpaired) electrons. The largest absolute Gasteiger partial charge is 0.487 e. The molecule has 0 bridgehead atoms. The number of halogens is 3. The summed E-state index contributed by atoms with van der Waals surface area (Å²) >= 11 is 6.61. The number of imide groups is 1. The number of thioether (sulfide) groups is 1. The number of ether oxygens (including phenoxy) is 1. The number of piperidine rings is 2. The van der Waals surface area contributed by atoms with E-state index >= 15 is 0 Å². The number of piperazine rings is 1. The lowest BCUT2D eigenvalue weighted by Gasteiger charge is -2.43. The lowest BCUT2D eigenvalue weighted by atomic mass is 10.0. The van der Waals surface area contributed by atoms with Crippen LogP contribution in [0.5, 0.6) is 5.75 Å². The van der Waals surface area contributed by atoms with Crippen molar-refractivity contribution < 1.29 is 32.7 Å². The molecule has 3 fully saturated rings. The zero-order chi connectivity index (χ0) is 41.1. The highest BCUT2D eigenvalue weighted by Gasteiger charge is 2.40. The molecule has 8 rings (SSSR count). The summed E-state index contributed by atoms with van der Waals surface area (Å²) < 4.78 is 30.3. The first-order valence-electron chi connectivity index (χ1n) is 19.8. The molecule has 310 valence electrons. The Morgan fingerprint density at radius 1 is 0.983 bits per heavy atom. The van der Waals surface area contributed by atoms with Crippen LogP contribution in [0.25, 0.3) is 11.3 Å². The summed E-state index contributed by atoms with van der Waals surface area (Å²) in [5.74, 6) is 0.324. The molecule has 0 spiro atoms. The number of H-pyrrole nitrogens is 1. The second kappa shape index (κ2) is 17.6. The van der Waals surface area contributed by atoms with Crippen molar-refractivity contribution in [3.63, 3.8) is 0 Å². The van der Waals surface area contributed by atoms with Crippen LogP contribution < -0.4 is 20.3 Å². The number of anilines is 2. The SMILES string of the molecule is O=C1CCC(N2Cc3c(SCCCN4CCN(C5CCN(c6ncc(C(=O)Nc7ccc(OC(F)(F)Cl)cc7)cc6-c6ccn[nH]6)CC5)CC4)cccc3C2=O)C(=O)N1. The van der Waals surface area contributed by atoms with Gasteiger partial charge in [0.15, 0.2) is 0 Å². The normalized spacial score (nSPS) is 19.5. The van der Waals surface area contributed by atoms with E-state index in [1.54, 1.807) is 35.1 Å². The highest BCUT2D eigenvalue weighted by atomic mass is 35.5. The fourth-order valence-electron chi connectivity index (χ4n) is 8.34. The van der Waals surface area contributed by atoms with Gasteiger partial charge in [0, 0.05) is 104 Å². The maximum Gasteiger partial charge on any atom is 0.487 e. The number of nitrogens with one attached hydrogen (secondary N) is 3. The van der Waals surface area contributed by atoms with Crippen molar-refractivity contribution in [2.75, 3.05) is 61.8 Å². The van der Waals surface area contributed by atoms with Gasteiger partial charge in [-0.25, -0.2) is 4.98 Å². The summed E-state index contributed by atoms with van der Waals surface area (Å²) in [6, 6.07) is 14.7. The number of hydrogen-bond acceptors (Lipinski definition) is 11. The third-order valence-electron chi connectivity index (χ3n) is 11.4. The summed E-state index contributed by atoms with van der Waals surface area (Å²) in [5.41, 5.74) is 0.00209. The van der Waals surface area contributed by atoms with E-state index in [2.05, 4.69) is 46.3 Å². The molecule has 4 aliphatic rings. The summed E-state index contributed by atoms with van der Waals surface area (Å²) in [6.45, 7) is 7.07. The van der Waals surface area contributed by atoms with Crippen LogP contribution in [0.3, 0.4) is 0 Å². The van der Waals surface area contributed by atoms with Crippen LogP contribution in [-0.4, -0.2) is 123 Å². The van der Waals surface area contributed by atoms with Crippen molar-refractivity contribution in [2.24, 2.45) is 0 Å². The highest BCUT2D eigenvalue weighted by molar-refractivity contribution is 7.99. The number of amides is 4. The molecule has 18 heteroatoms. The predicted octanol–water partition coefficient (Wildman–Crippen LogP) is 5.42. The van der Waals surface area contributed by atoms with Crippen molar-refractivity contribution >= 4 is 58.5 Å². The molecule has 3 saturated heterocycles. The molecule has 0 aliphatic carbocycles. The first kappa shape index (κ1) is 40.7. The Bertz CT molecular complexity index is 2180. The van der Waals surface area contributed by atoms with E-state index in [9.17, 15) is 28.0 Å². The number of benzene rings is 2. The van der Waals surface area contributed by atoms with Crippen LogP contribution in [0.15, 0.2) is 71.9 Å². The average Bonchev–Trinajstić information content (AvgIpc) is 3.89. The number of nitrogens with zero attached hydrogens (tertiary/aromatic N) is 6. The molecule has 0 saturated carbocycles. The molecule has 14 nitrogen and oxygen atoms in total. The maximum absolute atomic E-state index is 13.2. The van der Waals surface area contributed by atoms with Crippen LogP contribution >= 0.6 is 23.4 Å². The minimum absolute atomic E-state index is 0.138. The first-order chi connectivity index (χ1) is 28.5. The Morgan fingerprint density at radius 2 is 1.76 bits per heavy atom. The van der Waals surface area contributed by atoms with Gasteiger partial charge in [0.05, 0.1) is 11.3 Å². The fraction of sp³-hybridized carbons (Fsp3) is 0.415. The summed E-state index contributed by atoms with van der Waals surface area (Å²) in [5, 5.41) is 12.3. The molecule has 4 aromatic rings. The summed E-state index contributed by atoms with van der Waals surface area (Å²) in [6.07, 6.45) is 6.79. The maximum atomic E-state index is 13.2. The Kier molecular flexibility index (Phi) is 12.2. The average molecular weight is 848 g/mol. The molecule has 4 amide bonds. The lowest BCUT2D eigenvalue weighted by molar-refractivity contribution is -0.136. The van der Waals surface area contributed by atoms with Gasteiger partial charge in [-0.05, 0) is 92.1 Å². The van der Waals surface area contributed by atoms with Crippen molar-refractivity contribution in [3.05, 3.63) is 83.7 Å². The summed E-state index contributed by atoms with van der Waals surface area (Å²) in [7, 11) is 0. The molecular formula is C41H44ClF2N9O5S. The third kappa shape index (κ3) is 9.53. The lowest BCUT2D eigenvalue weighted by Crippen LogP contribution is -2.53.